The van der Waals surface area contributed by atoms with E-state index in [1.54, 1.807) is 11.3 Å². The lowest BCUT2D eigenvalue weighted by Crippen LogP contribution is -2.02. The molecule has 0 bridgehead atoms. The predicted molar refractivity (Wildman–Crippen MR) is 182 cm³/mol. The second kappa shape index (κ2) is 10.2. The van der Waals surface area contributed by atoms with E-state index >= 15 is 0 Å². The van der Waals surface area contributed by atoms with Gasteiger partial charge >= 0.3 is 0 Å². The summed E-state index contributed by atoms with van der Waals surface area (Å²) in [4.78, 5) is 14.9. The molecule has 5 heteroatoms. The lowest BCUT2D eigenvalue weighted by Gasteiger charge is -2.12. The molecule has 3 aromatic heterocycles. The molecule has 0 amide bonds. The summed E-state index contributed by atoms with van der Waals surface area (Å²) < 4.78 is 4.81. The molecule has 204 valence electrons. The highest BCUT2D eigenvalue weighted by Gasteiger charge is 2.20. The van der Waals surface area contributed by atoms with Crippen LogP contribution < -0.4 is 0 Å². The Labute approximate surface area is 252 Å². The van der Waals surface area contributed by atoms with Crippen molar-refractivity contribution in [2.24, 2.45) is 0 Å². The van der Waals surface area contributed by atoms with Gasteiger partial charge in [0.05, 0.1) is 16.7 Å². The van der Waals surface area contributed by atoms with E-state index in [2.05, 4.69) is 96.1 Å². The van der Waals surface area contributed by atoms with Crippen LogP contribution in [-0.2, 0) is 0 Å². The van der Waals surface area contributed by atoms with Crippen LogP contribution in [0.15, 0.2) is 134 Å². The van der Waals surface area contributed by atoms with Crippen LogP contribution >= 0.6 is 11.3 Å². The number of para-hydroxylation sites is 2. The van der Waals surface area contributed by atoms with E-state index in [9.17, 15) is 0 Å². The average Bonchev–Trinajstić information content (AvgIpc) is 3.61. The van der Waals surface area contributed by atoms with Crippen LogP contribution in [0.2, 0.25) is 0 Å². The van der Waals surface area contributed by atoms with E-state index in [1.807, 2.05) is 49.4 Å². The molecule has 0 N–H and O–H groups in total. The molecule has 0 spiro atoms. The smallest absolute Gasteiger partial charge is 0.164 e. The Bertz CT molecular complexity index is 2320. The minimum absolute atomic E-state index is 0.570. The summed E-state index contributed by atoms with van der Waals surface area (Å²) in [5, 5.41) is 4.83. The highest BCUT2D eigenvalue weighted by atomic mass is 32.1. The van der Waals surface area contributed by atoms with Gasteiger partial charge in [-0.1, -0.05) is 104 Å². The topological polar surface area (TPSA) is 43.6 Å². The lowest BCUT2D eigenvalue weighted by atomic mass is 10.0. The zero-order valence-corrected chi connectivity index (χ0v) is 24.3. The molecule has 0 aliphatic heterocycles. The Morgan fingerprint density at radius 3 is 2.00 bits per heavy atom. The number of hydrogen-bond acceptors (Lipinski definition) is 4. The average molecular weight is 571 g/mol. The molecule has 3 heterocycles. The molecule has 0 saturated carbocycles. The summed E-state index contributed by atoms with van der Waals surface area (Å²) in [6, 6.07) is 40.4. The number of hydrogen-bond donors (Lipinski definition) is 0. The summed E-state index contributed by atoms with van der Waals surface area (Å²) in [7, 11) is 0. The first-order chi connectivity index (χ1) is 21.2. The van der Waals surface area contributed by atoms with Crippen molar-refractivity contribution >= 4 is 58.9 Å². The largest absolute Gasteiger partial charge is 0.309 e. The van der Waals surface area contributed by atoms with Gasteiger partial charge in [0.15, 0.2) is 17.5 Å². The Hall–Kier alpha value is -5.39. The van der Waals surface area contributed by atoms with Gasteiger partial charge in [0.2, 0.25) is 0 Å². The van der Waals surface area contributed by atoms with Gasteiger partial charge in [-0.25, -0.2) is 15.0 Å². The quantitative estimate of drug-likeness (QED) is 0.193. The summed E-state index contributed by atoms with van der Waals surface area (Å²) in [6.07, 6.45) is 3.90. The van der Waals surface area contributed by atoms with Gasteiger partial charge in [-0.15, -0.1) is 11.3 Å². The number of thiophene rings is 1. The first-order valence-corrected chi connectivity index (χ1v) is 15.1. The molecule has 5 aromatic carbocycles. The first kappa shape index (κ1) is 25.3. The number of rotatable bonds is 5. The molecule has 8 aromatic rings. The fourth-order valence-electron chi connectivity index (χ4n) is 6.04. The molecule has 8 rings (SSSR count). The van der Waals surface area contributed by atoms with Crippen LogP contribution in [-0.4, -0.2) is 19.5 Å². The third-order valence-electron chi connectivity index (χ3n) is 7.88. The van der Waals surface area contributed by atoms with Crippen molar-refractivity contribution in [1.82, 2.24) is 19.5 Å². The number of fused-ring (bicyclic) bond motifs is 6. The van der Waals surface area contributed by atoms with E-state index < -0.39 is 0 Å². The van der Waals surface area contributed by atoms with Gasteiger partial charge in [-0.05, 0) is 37.3 Å². The number of allylic oxidation sites excluding steroid dienone is 3. The van der Waals surface area contributed by atoms with Crippen LogP contribution in [0.1, 0.15) is 12.7 Å². The van der Waals surface area contributed by atoms with E-state index in [4.69, 9.17) is 15.0 Å². The number of nitrogens with zero attached hydrogens (tertiary/aromatic N) is 4. The Morgan fingerprint density at radius 1 is 0.651 bits per heavy atom. The summed E-state index contributed by atoms with van der Waals surface area (Å²) in [6.45, 7) is 6.22. The summed E-state index contributed by atoms with van der Waals surface area (Å²) >= 11 is 1.80. The highest BCUT2D eigenvalue weighted by Crippen LogP contribution is 2.44. The van der Waals surface area contributed by atoms with E-state index in [0.717, 1.165) is 27.8 Å². The molecule has 0 radical (unpaired) electrons. The fraction of sp³-hybridized carbons (Fsp3) is 0.0263. The molecule has 0 aliphatic carbocycles. The number of aromatic nitrogens is 4. The SMILES string of the molecule is C=C(/C=C\C)c1nc(-c2ccccc2)nc(-c2cccc3sc4cccc(-n5c6ccccc6c6ccccc65)c4c23)n1. The van der Waals surface area contributed by atoms with E-state index in [0.29, 0.717) is 17.5 Å². The first-order valence-electron chi connectivity index (χ1n) is 14.3. The monoisotopic (exact) mass is 570 g/mol. The van der Waals surface area contributed by atoms with E-state index in [1.165, 1.54) is 36.6 Å². The molecule has 0 fully saturated rings. The maximum atomic E-state index is 5.06. The summed E-state index contributed by atoms with van der Waals surface area (Å²) in [5.41, 5.74) is 6.18. The van der Waals surface area contributed by atoms with Crippen molar-refractivity contribution in [1.29, 1.82) is 0 Å². The lowest BCUT2D eigenvalue weighted by molar-refractivity contribution is 1.04. The van der Waals surface area contributed by atoms with Crippen molar-refractivity contribution in [3.8, 4) is 28.5 Å². The van der Waals surface area contributed by atoms with Gasteiger partial charge in [-0.3, -0.25) is 0 Å². The van der Waals surface area contributed by atoms with Crippen molar-refractivity contribution in [2.45, 2.75) is 6.92 Å². The zero-order valence-electron chi connectivity index (χ0n) is 23.5. The van der Waals surface area contributed by atoms with Crippen molar-refractivity contribution in [2.75, 3.05) is 0 Å². The van der Waals surface area contributed by atoms with E-state index in [-0.39, 0.29) is 0 Å². The Morgan fingerprint density at radius 2 is 1.28 bits per heavy atom. The van der Waals surface area contributed by atoms with Gasteiger partial charge in [-0.2, -0.15) is 0 Å². The molecule has 43 heavy (non-hydrogen) atoms. The minimum atomic E-state index is 0.570. The third-order valence-corrected chi connectivity index (χ3v) is 9.00. The maximum Gasteiger partial charge on any atom is 0.164 e. The third kappa shape index (κ3) is 4.09. The summed E-state index contributed by atoms with van der Waals surface area (Å²) in [5.74, 6) is 1.84. The second-order valence-corrected chi connectivity index (χ2v) is 11.6. The molecule has 0 saturated heterocycles. The minimum Gasteiger partial charge on any atom is -0.309 e. The molecular weight excluding hydrogens is 545 g/mol. The van der Waals surface area contributed by atoms with Gasteiger partial charge in [0.1, 0.15) is 0 Å². The van der Waals surface area contributed by atoms with Crippen LogP contribution in [0.3, 0.4) is 0 Å². The Kier molecular flexibility index (Phi) is 5.98. The van der Waals surface area contributed by atoms with Crippen molar-refractivity contribution in [3.63, 3.8) is 0 Å². The maximum absolute atomic E-state index is 5.06. The molecule has 4 nitrogen and oxygen atoms in total. The van der Waals surface area contributed by atoms with Gasteiger partial charge in [0, 0.05) is 47.6 Å². The molecule has 0 atom stereocenters. The zero-order chi connectivity index (χ0) is 28.9. The van der Waals surface area contributed by atoms with Gasteiger partial charge in [0.25, 0.3) is 0 Å². The highest BCUT2D eigenvalue weighted by molar-refractivity contribution is 7.26. The van der Waals surface area contributed by atoms with Crippen molar-refractivity contribution < 1.29 is 0 Å². The second-order valence-electron chi connectivity index (χ2n) is 10.5. The predicted octanol–water partition coefficient (Wildman–Crippen LogP) is 10.3. The van der Waals surface area contributed by atoms with Crippen molar-refractivity contribution in [3.05, 3.63) is 140 Å². The molecule has 0 unspecified atom stereocenters. The normalized spacial score (nSPS) is 11.8. The van der Waals surface area contributed by atoms with Crippen LogP contribution in [0.5, 0.6) is 0 Å². The van der Waals surface area contributed by atoms with Crippen LogP contribution in [0.4, 0.5) is 0 Å². The number of benzene rings is 5. The van der Waals surface area contributed by atoms with Gasteiger partial charge < -0.3 is 4.57 Å². The molecular formula is C38H26N4S. The Balaban J connectivity index is 1.46. The van der Waals surface area contributed by atoms with Crippen LogP contribution in [0.25, 0.3) is 76.0 Å². The standard InChI is InChI=1S/C38H26N4S/c1-3-13-24(2)36-39-37(25-14-5-4-6-15-25)41-38(40-36)28-18-11-22-32-34(28)35-31(21-12-23-33(35)43-32)42-29-19-9-7-16-26(29)27-17-8-10-20-30(27)42/h3-23H,2H2,1H3/b13-3-. The molecule has 0 aliphatic rings. The fourth-order valence-corrected chi connectivity index (χ4v) is 7.19. The van der Waals surface area contributed by atoms with Crippen LogP contribution in [0, 0.1) is 0 Å².